The summed E-state index contributed by atoms with van der Waals surface area (Å²) in [6.45, 7) is 3.79. The van der Waals surface area contributed by atoms with Crippen molar-refractivity contribution in [2.45, 2.75) is 44.1 Å². The first kappa shape index (κ1) is 15.7. The van der Waals surface area contributed by atoms with Crippen molar-refractivity contribution in [2.24, 2.45) is 5.14 Å². The van der Waals surface area contributed by atoms with Crippen LogP contribution in [-0.4, -0.2) is 20.5 Å². The summed E-state index contributed by atoms with van der Waals surface area (Å²) >= 11 is 0. The molecule has 6 heteroatoms. The highest BCUT2D eigenvalue weighted by Crippen LogP contribution is 2.11. The molecule has 0 saturated heterocycles. The molecule has 106 valence electrons. The number of esters is 1. The lowest BCUT2D eigenvalue weighted by molar-refractivity contribution is -0.148. The van der Waals surface area contributed by atoms with Gasteiger partial charge in [-0.2, -0.15) is 0 Å². The van der Waals surface area contributed by atoms with E-state index in [1.165, 1.54) is 12.1 Å². The molecule has 1 unspecified atom stereocenters. The van der Waals surface area contributed by atoms with Gasteiger partial charge in [0.05, 0.1) is 11.0 Å². The van der Waals surface area contributed by atoms with E-state index in [4.69, 9.17) is 9.88 Å². The highest BCUT2D eigenvalue weighted by molar-refractivity contribution is 7.89. The lowest BCUT2D eigenvalue weighted by atomic mass is 10.1. The Morgan fingerprint density at radius 3 is 2.37 bits per heavy atom. The number of rotatable bonds is 6. The van der Waals surface area contributed by atoms with E-state index in [9.17, 15) is 13.2 Å². The van der Waals surface area contributed by atoms with Crippen LogP contribution in [0.15, 0.2) is 29.2 Å². The molecule has 0 aliphatic heterocycles. The maximum absolute atomic E-state index is 11.5. The van der Waals surface area contributed by atoms with Gasteiger partial charge in [0, 0.05) is 6.42 Å². The molecule has 0 aromatic heterocycles. The van der Waals surface area contributed by atoms with Gasteiger partial charge in [0.1, 0.15) is 0 Å². The van der Waals surface area contributed by atoms with E-state index >= 15 is 0 Å². The molecule has 0 spiro atoms. The van der Waals surface area contributed by atoms with E-state index in [0.717, 1.165) is 12.0 Å². The second-order valence-electron chi connectivity index (χ2n) is 4.40. The van der Waals surface area contributed by atoms with Crippen LogP contribution in [0.3, 0.4) is 0 Å². The van der Waals surface area contributed by atoms with Crippen molar-refractivity contribution in [1.29, 1.82) is 0 Å². The number of benzene rings is 1. The standard InChI is InChI=1S/C13H19NO4S/c1-3-10(2)18-13(15)9-6-11-4-7-12(8-5-11)19(14,16)17/h4-5,7-8,10H,3,6,9H2,1-2H3,(H2,14,16,17). The molecule has 2 N–H and O–H groups in total. The molecule has 0 aliphatic rings. The van der Waals surface area contributed by atoms with Crippen LogP contribution in [0.2, 0.25) is 0 Å². The van der Waals surface area contributed by atoms with Gasteiger partial charge >= 0.3 is 5.97 Å². The molecule has 0 bridgehead atoms. The van der Waals surface area contributed by atoms with Crippen LogP contribution in [-0.2, 0) is 26.0 Å². The fourth-order valence-corrected chi connectivity index (χ4v) is 1.97. The number of hydrogen-bond donors (Lipinski definition) is 1. The van der Waals surface area contributed by atoms with E-state index in [0.29, 0.717) is 6.42 Å². The Bertz CT molecular complexity index is 522. The van der Waals surface area contributed by atoms with Crippen molar-refractivity contribution < 1.29 is 17.9 Å². The number of sulfonamides is 1. The second kappa shape index (κ2) is 6.68. The first-order valence-corrected chi connectivity index (χ1v) is 7.68. The summed E-state index contributed by atoms with van der Waals surface area (Å²) in [5.74, 6) is -0.245. The highest BCUT2D eigenvalue weighted by atomic mass is 32.2. The van der Waals surface area contributed by atoms with Gasteiger partial charge in [-0.25, -0.2) is 13.6 Å². The zero-order valence-electron chi connectivity index (χ0n) is 11.1. The minimum absolute atomic E-state index is 0.0680. The van der Waals surface area contributed by atoms with Crippen molar-refractivity contribution in [3.63, 3.8) is 0 Å². The Balaban J connectivity index is 2.53. The maximum Gasteiger partial charge on any atom is 0.306 e. The number of primary sulfonamides is 1. The van der Waals surface area contributed by atoms with Gasteiger partial charge in [-0.3, -0.25) is 4.79 Å². The molecular weight excluding hydrogens is 266 g/mol. The van der Waals surface area contributed by atoms with Crippen molar-refractivity contribution in [3.05, 3.63) is 29.8 Å². The lowest BCUT2D eigenvalue weighted by Crippen LogP contribution is -2.14. The van der Waals surface area contributed by atoms with Crippen molar-refractivity contribution in [3.8, 4) is 0 Å². The summed E-state index contributed by atoms with van der Waals surface area (Å²) in [5, 5.41) is 5.00. The third kappa shape index (κ3) is 5.40. The smallest absolute Gasteiger partial charge is 0.306 e. The predicted molar refractivity (Wildman–Crippen MR) is 72.0 cm³/mol. The highest BCUT2D eigenvalue weighted by Gasteiger charge is 2.09. The molecule has 5 nitrogen and oxygen atoms in total. The molecule has 1 aromatic carbocycles. The summed E-state index contributed by atoms with van der Waals surface area (Å²) in [5.41, 5.74) is 0.869. The van der Waals surface area contributed by atoms with Gasteiger partial charge in [-0.1, -0.05) is 19.1 Å². The third-order valence-corrected chi connectivity index (χ3v) is 3.71. The SMILES string of the molecule is CCC(C)OC(=O)CCc1ccc(S(N)(=O)=O)cc1. The Morgan fingerprint density at radius 1 is 1.32 bits per heavy atom. The second-order valence-corrected chi connectivity index (χ2v) is 5.96. The first-order valence-electron chi connectivity index (χ1n) is 6.14. The largest absolute Gasteiger partial charge is 0.463 e. The van der Waals surface area contributed by atoms with Gasteiger partial charge < -0.3 is 4.74 Å². The molecule has 0 amide bonds. The minimum atomic E-state index is -3.66. The molecule has 0 radical (unpaired) electrons. The molecule has 0 aliphatic carbocycles. The maximum atomic E-state index is 11.5. The summed E-state index contributed by atoms with van der Waals surface area (Å²) in [4.78, 5) is 11.5. The summed E-state index contributed by atoms with van der Waals surface area (Å²) in [7, 11) is -3.66. The zero-order valence-corrected chi connectivity index (χ0v) is 11.9. The Morgan fingerprint density at radius 2 is 1.89 bits per heavy atom. The van der Waals surface area contributed by atoms with Gasteiger partial charge in [-0.15, -0.1) is 0 Å². The molecule has 1 rings (SSSR count). The Hall–Kier alpha value is -1.40. The predicted octanol–water partition coefficient (Wildman–Crippen LogP) is 1.61. The van der Waals surface area contributed by atoms with Crippen molar-refractivity contribution in [1.82, 2.24) is 0 Å². The van der Waals surface area contributed by atoms with E-state index in [2.05, 4.69) is 0 Å². The van der Waals surface area contributed by atoms with Gasteiger partial charge in [-0.05, 0) is 37.5 Å². The number of carbonyl (C=O) groups is 1. The number of carbonyl (C=O) groups excluding carboxylic acids is 1. The van der Waals surface area contributed by atoms with E-state index < -0.39 is 10.0 Å². The third-order valence-electron chi connectivity index (χ3n) is 2.78. The summed E-state index contributed by atoms with van der Waals surface area (Å²) < 4.78 is 27.3. The molecule has 19 heavy (non-hydrogen) atoms. The molecule has 0 saturated carbocycles. The van der Waals surface area contributed by atoms with Gasteiger partial charge in [0.2, 0.25) is 10.0 Å². The minimum Gasteiger partial charge on any atom is -0.463 e. The van der Waals surface area contributed by atoms with Crippen LogP contribution in [0.1, 0.15) is 32.3 Å². The van der Waals surface area contributed by atoms with Crippen LogP contribution in [0, 0.1) is 0 Å². The van der Waals surface area contributed by atoms with Gasteiger partial charge in [0.15, 0.2) is 0 Å². The van der Waals surface area contributed by atoms with Crippen LogP contribution in [0.25, 0.3) is 0 Å². The normalized spacial score (nSPS) is 13.0. The van der Waals surface area contributed by atoms with Crippen LogP contribution in [0.4, 0.5) is 0 Å². The van der Waals surface area contributed by atoms with Crippen molar-refractivity contribution in [2.75, 3.05) is 0 Å². The van der Waals surface area contributed by atoms with E-state index in [1.54, 1.807) is 12.1 Å². The summed E-state index contributed by atoms with van der Waals surface area (Å²) in [6, 6.07) is 6.17. The molecule has 1 atom stereocenters. The van der Waals surface area contributed by atoms with Crippen molar-refractivity contribution >= 4 is 16.0 Å². The fraction of sp³-hybridized carbons (Fsp3) is 0.462. The van der Waals surface area contributed by atoms with Gasteiger partial charge in [0.25, 0.3) is 0 Å². The van der Waals surface area contributed by atoms with E-state index in [-0.39, 0.29) is 23.4 Å². The zero-order chi connectivity index (χ0) is 14.5. The van der Waals surface area contributed by atoms with E-state index in [1.807, 2.05) is 13.8 Å². The van der Waals surface area contributed by atoms with Crippen LogP contribution >= 0.6 is 0 Å². The molecule has 1 aromatic rings. The lowest BCUT2D eigenvalue weighted by Gasteiger charge is -2.10. The first-order chi connectivity index (χ1) is 8.82. The monoisotopic (exact) mass is 285 g/mol. The van der Waals surface area contributed by atoms with Crippen LogP contribution < -0.4 is 5.14 Å². The fourth-order valence-electron chi connectivity index (χ4n) is 1.46. The molecular formula is C13H19NO4S. The Kier molecular flexibility index (Phi) is 5.50. The average Bonchev–Trinajstić information content (AvgIpc) is 2.35. The quantitative estimate of drug-likeness (QED) is 0.804. The number of aryl methyl sites for hydroxylation is 1. The topological polar surface area (TPSA) is 86.5 Å². The van der Waals surface area contributed by atoms with Crippen LogP contribution in [0.5, 0.6) is 0 Å². The molecule has 0 heterocycles. The number of nitrogens with two attached hydrogens (primary N) is 1. The number of ether oxygens (including phenoxy) is 1. The average molecular weight is 285 g/mol. The summed E-state index contributed by atoms with van der Waals surface area (Å²) in [6.07, 6.45) is 1.51. The molecule has 0 fully saturated rings. The number of hydrogen-bond acceptors (Lipinski definition) is 4. The Labute approximate surface area is 113 Å².